The van der Waals surface area contributed by atoms with Crippen LogP contribution in [0, 0.1) is 5.82 Å². The first-order chi connectivity index (χ1) is 12.0. The molecule has 1 aliphatic rings. The fourth-order valence-corrected chi connectivity index (χ4v) is 3.12. The molecule has 130 valence electrons. The standard InChI is InChI=1S/C19H18FNO4/c20-15-7-3-6-13(8-15)17(22)10-18(23)21-11-14-5-2-1-4-12(14)9-16(21)19(24)25/h1-8,16-17,22H,9-11H2,(H,24,25)/t16-,17+/m0/s1. The number of aliphatic carboxylic acids is 1. The van der Waals surface area contributed by atoms with Gasteiger partial charge >= 0.3 is 5.97 Å². The van der Waals surface area contributed by atoms with Crippen LogP contribution in [0.2, 0.25) is 0 Å². The van der Waals surface area contributed by atoms with Crippen molar-refractivity contribution in [1.29, 1.82) is 0 Å². The van der Waals surface area contributed by atoms with Crippen LogP contribution in [-0.2, 0) is 22.6 Å². The third kappa shape index (κ3) is 3.69. The smallest absolute Gasteiger partial charge is 0.326 e. The van der Waals surface area contributed by atoms with Crippen molar-refractivity contribution in [1.82, 2.24) is 4.90 Å². The Balaban J connectivity index is 1.79. The SMILES string of the molecule is O=C(O)[C@@H]1Cc2ccccc2CN1C(=O)C[C@@H](O)c1cccc(F)c1. The quantitative estimate of drug-likeness (QED) is 0.893. The highest BCUT2D eigenvalue weighted by Crippen LogP contribution is 2.26. The molecule has 0 saturated heterocycles. The average Bonchev–Trinajstić information content (AvgIpc) is 2.60. The number of carboxylic acid groups (broad SMARTS) is 1. The summed E-state index contributed by atoms with van der Waals surface area (Å²) < 4.78 is 13.3. The summed E-state index contributed by atoms with van der Waals surface area (Å²) in [5.41, 5.74) is 2.09. The number of amides is 1. The highest BCUT2D eigenvalue weighted by molar-refractivity contribution is 5.85. The van der Waals surface area contributed by atoms with Crippen molar-refractivity contribution in [2.45, 2.75) is 31.5 Å². The summed E-state index contributed by atoms with van der Waals surface area (Å²) in [6.45, 7) is 0.182. The third-order valence-corrected chi connectivity index (χ3v) is 4.46. The molecule has 1 heterocycles. The number of aliphatic hydroxyl groups excluding tert-OH is 1. The van der Waals surface area contributed by atoms with Crippen molar-refractivity contribution < 1.29 is 24.2 Å². The minimum Gasteiger partial charge on any atom is -0.480 e. The van der Waals surface area contributed by atoms with Gasteiger partial charge in [-0.05, 0) is 28.8 Å². The first kappa shape index (κ1) is 17.1. The van der Waals surface area contributed by atoms with E-state index < -0.39 is 29.8 Å². The number of hydrogen-bond acceptors (Lipinski definition) is 3. The number of hydrogen-bond donors (Lipinski definition) is 2. The van der Waals surface area contributed by atoms with Gasteiger partial charge in [0.15, 0.2) is 0 Å². The van der Waals surface area contributed by atoms with E-state index in [-0.39, 0.29) is 24.9 Å². The molecule has 0 aliphatic carbocycles. The van der Waals surface area contributed by atoms with E-state index >= 15 is 0 Å². The molecule has 2 aromatic rings. The van der Waals surface area contributed by atoms with Crippen LogP contribution in [0.5, 0.6) is 0 Å². The summed E-state index contributed by atoms with van der Waals surface area (Å²) in [5, 5.41) is 19.7. The lowest BCUT2D eigenvalue weighted by Gasteiger charge is -2.35. The lowest BCUT2D eigenvalue weighted by Crippen LogP contribution is -2.48. The Bertz CT molecular complexity index is 808. The lowest BCUT2D eigenvalue weighted by molar-refractivity contribution is -0.152. The number of carboxylic acids is 1. The van der Waals surface area contributed by atoms with Crippen molar-refractivity contribution in [3.8, 4) is 0 Å². The average molecular weight is 343 g/mol. The first-order valence-corrected chi connectivity index (χ1v) is 7.98. The molecule has 0 unspecified atom stereocenters. The van der Waals surface area contributed by atoms with Crippen LogP contribution in [0.25, 0.3) is 0 Å². The van der Waals surface area contributed by atoms with Gasteiger partial charge in [-0.25, -0.2) is 9.18 Å². The van der Waals surface area contributed by atoms with Crippen LogP contribution in [0.1, 0.15) is 29.2 Å². The molecular formula is C19H18FNO4. The van der Waals surface area contributed by atoms with Crippen LogP contribution in [0.4, 0.5) is 4.39 Å². The fraction of sp³-hybridized carbons (Fsp3) is 0.263. The van der Waals surface area contributed by atoms with Crippen molar-refractivity contribution in [3.05, 3.63) is 71.0 Å². The number of halogens is 1. The Morgan fingerprint density at radius 2 is 1.88 bits per heavy atom. The molecule has 2 atom stereocenters. The fourth-order valence-electron chi connectivity index (χ4n) is 3.12. The van der Waals surface area contributed by atoms with Gasteiger partial charge in [0.1, 0.15) is 11.9 Å². The van der Waals surface area contributed by atoms with Crippen LogP contribution in [-0.4, -0.2) is 33.0 Å². The number of carbonyl (C=O) groups excluding carboxylic acids is 1. The molecule has 0 fully saturated rings. The Morgan fingerprint density at radius 1 is 1.16 bits per heavy atom. The molecule has 0 radical (unpaired) electrons. The molecular weight excluding hydrogens is 325 g/mol. The molecule has 1 aliphatic heterocycles. The van der Waals surface area contributed by atoms with Gasteiger partial charge < -0.3 is 15.1 Å². The summed E-state index contributed by atoms with van der Waals surface area (Å²) in [6, 6.07) is 11.8. The molecule has 0 bridgehead atoms. The van der Waals surface area contributed by atoms with Gasteiger partial charge in [0.05, 0.1) is 12.5 Å². The molecule has 6 heteroatoms. The number of carbonyl (C=O) groups is 2. The monoisotopic (exact) mass is 343 g/mol. The van der Waals surface area contributed by atoms with Gasteiger partial charge in [-0.3, -0.25) is 4.79 Å². The molecule has 5 nitrogen and oxygen atoms in total. The molecule has 25 heavy (non-hydrogen) atoms. The predicted molar refractivity (Wildman–Crippen MR) is 88.1 cm³/mol. The second kappa shape index (κ2) is 7.03. The molecule has 0 aromatic heterocycles. The Hall–Kier alpha value is -2.73. The summed E-state index contributed by atoms with van der Waals surface area (Å²) >= 11 is 0. The molecule has 2 aromatic carbocycles. The summed E-state index contributed by atoms with van der Waals surface area (Å²) in [6.07, 6.45) is -1.25. The second-order valence-corrected chi connectivity index (χ2v) is 6.12. The second-order valence-electron chi connectivity index (χ2n) is 6.12. The Morgan fingerprint density at radius 3 is 2.56 bits per heavy atom. The molecule has 0 saturated carbocycles. The van der Waals surface area contributed by atoms with Gasteiger partial charge in [-0.15, -0.1) is 0 Å². The zero-order valence-corrected chi connectivity index (χ0v) is 13.4. The molecule has 2 N–H and O–H groups in total. The van der Waals surface area contributed by atoms with E-state index in [4.69, 9.17) is 0 Å². The molecule has 0 spiro atoms. The number of benzene rings is 2. The maximum Gasteiger partial charge on any atom is 0.326 e. The van der Waals surface area contributed by atoms with Crippen LogP contribution in [0.15, 0.2) is 48.5 Å². The van der Waals surface area contributed by atoms with Gasteiger partial charge in [-0.2, -0.15) is 0 Å². The normalized spacial score (nSPS) is 17.7. The largest absolute Gasteiger partial charge is 0.480 e. The molecule has 1 amide bonds. The lowest BCUT2D eigenvalue weighted by atomic mass is 9.93. The number of rotatable bonds is 4. The number of aliphatic hydroxyl groups is 1. The van der Waals surface area contributed by atoms with E-state index in [2.05, 4.69) is 0 Å². The van der Waals surface area contributed by atoms with Crippen molar-refractivity contribution >= 4 is 11.9 Å². The zero-order valence-electron chi connectivity index (χ0n) is 13.4. The number of nitrogens with zero attached hydrogens (tertiary/aromatic N) is 1. The first-order valence-electron chi connectivity index (χ1n) is 7.98. The van der Waals surface area contributed by atoms with Gasteiger partial charge in [0.25, 0.3) is 0 Å². The zero-order chi connectivity index (χ0) is 18.0. The Labute approximate surface area is 144 Å². The van der Waals surface area contributed by atoms with Crippen LogP contribution >= 0.6 is 0 Å². The van der Waals surface area contributed by atoms with Crippen molar-refractivity contribution in [2.75, 3.05) is 0 Å². The van der Waals surface area contributed by atoms with Gasteiger partial charge in [-0.1, -0.05) is 36.4 Å². The van der Waals surface area contributed by atoms with E-state index in [0.717, 1.165) is 17.2 Å². The maximum atomic E-state index is 13.3. The van der Waals surface area contributed by atoms with E-state index in [0.29, 0.717) is 0 Å². The van der Waals surface area contributed by atoms with E-state index in [1.807, 2.05) is 24.3 Å². The Kier molecular flexibility index (Phi) is 4.81. The maximum absolute atomic E-state index is 13.3. The van der Waals surface area contributed by atoms with Gasteiger partial charge in [0.2, 0.25) is 5.91 Å². The summed E-state index contributed by atoms with van der Waals surface area (Å²) in [5.74, 6) is -2.05. The van der Waals surface area contributed by atoms with E-state index in [1.54, 1.807) is 0 Å². The van der Waals surface area contributed by atoms with Crippen molar-refractivity contribution in [3.63, 3.8) is 0 Å². The summed E-state index contributed by atoms with van der Waals surface area (Å²) in [4.78, 5) is 25.4. The topological polar surface area (TPSA) is 77.8 Å². The summed E-state index contributed by atoms with van der Waals surface area (Å²) in [7, 11) is 0. The third-order valence-electron chi connectivity index (χ3n) is 4.46. The highest BCUT2D eigenvalue weighted by Gasteiger charge is 2.35. The van der Waals surface area contributed by atoms with Crippen LogP contribution < -0.4 is 0 Å². The van der Waals surface area contributed by atoms with E-state index in [9.17, 15) is 24.2 Å². The predicted octanol–water partition coefficient (Wildman–Crippen LogP) is 2.29. The van der Waals surface area contributed by atoms with Gasteiger partial charge in [0, 0.05) is 13.0 Å². The highest BCUT2D eigenvalue weighted by atomic mass is 19.1. The minimum absolute atomic E-state index is 0.182. The van der Waals surface area contributed by atoms with E-state index in [1.165, 1.54) is 23.1 Å². The van der Waals surface area contributed by atoms with Crippen LogP contribution in [0.3, 0.4) is 0 Å². The minimum atomic E-state index is -1.19. The molecule has 3 rings (SSSR count). The number of fused-ring (bicyclic) bond motifs is 1. The van der Waals surface area contributed by atoms with Crippen molar-refractivity contribution in [2.24, 2.45) is 0 Å².